The Balaban J connectivity index is 2.65. The van der Waals surface area contributed by atoms with Crippen molar-refractivity contribution in [3.8, 4) is 0 Å². The zero-order valence-corrected chi connectivity index (χ0v) is 10.9. The molecule has 1 aromatic rings. The Morgan fingerprint density at radius 2 is 1.67 bits per heavy atom. The zero-order valence-electron chi connectivity index (χ0n) is 10.1. The molecule has 0 saturated heterocycles. The molecule has 2 heteroatoms. The molecule has 15 heavy (non-hydrogen) atoms. The quantitative estimate of drug-likeness (QED) is 0.848. The molecule has 2 N–H and O–H groups in total. The standard InChI is InChI=1S/C13H21NS/c1-10-5-11(2)7-12(6-10)8-15-13(3,4)9-14/h5-7H,8-9,14H2,1-4H3. The number of aryl methyl sites for hydroxylation is 2. The van der Waals surface area contributed by atoms with E-state index in [-0.39, 0.29) is 4.75 Å². The van der Waals surface area contributed by atoms with Crippen LogP contribution < -0.4 is 5.73 Å². The van der Waals surface area contributed by atoms with Crippen molar-refractivity contribution in [2.75, 3.05) is 6.54 Å². The smallest absolute Gasteiger partial charge is 0.0229 e. The Kier molecular flexibility index (Phi) is 4.23. The van der Waals surface area contributed by atoms with Crippen LogP contribution in [0.25, 0.3) is 0 Å². The minimum absolute atomic E-state index is 0.178. The fourth-order valence-corrected chi connectivity index (χ4v) is 2.33. The van der Waals surface area contributed by atoms with Crippen molar-refractivity contribution in [1.29, 1.82) is 0 Å². The first-order valence-electron chi connectivity index (χ1n) is 5.34. The fourth-order valence-electron chi connectivity index (χ4n) is 1.49. The SMILES string of the molecule is Cc1cc(C)cc(CSC(C)(C)CN)c1. The summed E-state index contributed by atoms with van der Waals surface area (Å²) >= 11 is 1.92. The normalized spacial score (nSPS) is 11.8. The van der Waals surface area contributed by atoms with Gasteiger partial charge in [0.15, 0.2) is 0 Å². The molecule has 0 aliphatic carbocycles. The second-order valence-electron chi connectivity index (χ2n) is 4.75. The maximum atomic E-state index is 5.71. The van der Waals surface area contributed by atoms with Gasteiger partial charge in [-0.3, -0.25) is 0 Å². The van der Waals surface area contributed by atoms with Crippen molar-refractivity contribution < 1.29 is 0 Å². The van der Waals surface area contributed by atoms with E-state index >= 15 is 0 Å². The molecule has 0 spiro atoms. The van der Waals surface area contributed by atoms with Crippen molar-refractivity contribution in [2.45, 2.75) is 38.2 Å². The highest BCUT2D eigenvalue weighted by Crippen LogP contribution is 2.27. The molecule has 0 saturated carbocycles. The summed E-state index contributed by atoms with van der Waals surface area (Å²) in [4.78, 5) is 0. The molecule has 0 aromatic heterocycles. The largest absolute Gasteiger partial charge is 0.329 e. The molecular weight excluding hydrogens is 202 g/mol. The van der Waals surface area contributed by atoms with Crippen LogP contribution in [0, 0.1) is 13.8 Å². The summed E-state index contributed by atoms with van der Waals surface area (Å²) in [7, 11) is 0. The van der Waals surface area contributed by atoms with Gasteiger partial charge in [0.25, 0.3) is 0 Å². The number of rotatable bonds is 4. The Labute approximate surface area is 97.4 Å². The molecule has 0 bridgehead atoms. The molecule has 84 valence electrons. The van der Waals surface area contributed by atoms with Crippen LogP contribution in [0.1, 0.15) is 30.5 Å². The van der Waals surface area contributed by atoms with E-state index in [9.17, 15) is 0 Å². The highest BCUT2D eigenvalue weighted by molar-refractivity contribution is 7.99. The second kappa shape index (κ2) is 5.04. The summed E-state index contributed by atoms with van der Waals surface area (Å²) in [5.74, 6) is 1.05. The van der Waals surface area contributed by atoms with Crippen molar-refractivity contribution in [1.82, 2.24) is 0 Å². The van der Waals surface area contributed by atoms with E-state index in [1.54, 1.807) is 0 Å². The molecular formula is C13H21NS. The van der Waals surface area contributed by atoms with E-state index < -0.39 is 0 Å². The third-order valence-corrected chi connectivity index (χ3v) is 3.83. The lowest BCUT2D eigenvalue weighted by Gasteiger charge is -2.21. The zero-order chi connectivity index (χ0) is 11.5. The molecule has 0 amide bonds. The summed E-state index contributed by atoms with van der Waals surface area (Å²) in [6.07, 6.45) is 0. The topological polar surface area (TPSA) is 26.0 Å². The summed E-state index contributed by atoms with van der Waals surface area (Å²) in [5, 5.41) is 0. The minimum atomic E-state index is 0.178. The molecule has 1 nitrogen and oxygen atoms in total. The van der Waals surface area contributed by atoms with E-state index in [2.05, 4.69) is 45.9 Å². The maximum absolute atomic E-state index is 5.71. The molecule has 0 aliphatic rings. The lowest BCUT2D eigenvalue weighted by atomic mass is 10.1. The van der Waals surface area contributed by atoms with Crippen LogP contribution in [0.4, 0.5) is 0 Å². The van der Waals surface area contributed by atoms with Crippen LogP contribution in [-0.4, -0.2) is 11.3 Å². The third kappa shape index (κ3) is 4.27. The van der Waals surface area contributed by atoms with Crippen molar-refractivity contribution in [2.24, 2.45) is 5.73 Å². The van der Waals surface area contributed by atoms with Crippen molar-refractivity contribution in [3.05, 3.63) is 34.9 Å². The van der Waals surface area contributed by atoms with Gasteiger partial charge in [-0.2, -0.15) is 0 Å². The van der Waals surface area contributed by atoms with Gasteiger partial charge in [-0.25, -0.2) is 0 Å². The third-order valence-electron chi connectivity index (χ3n) is 2.40. The monoisotopic (exact) mass is 223 g/mol. The summed E-state index contributed by atoms with van der Waals surface area (Å²) in [6, 6.07) is 6.72. The number of hydrogen-bond acceptors (Lipinski definition) is 2. The van der Waals surface area contributed by atoms with E-state index in [4.69, 9.17) is 5.73 Å². The highest BCUT2D eigenvalue weighted by atomic mass is 32.2. The van der Waals surface area contributed by atoms with Gasteiger partial charge >= 0.3 is 0 Å². The van der Waals surface area contributed by atoms with E-state index in [1.807, 2.05) is 11.8 Å². The van der Waals surface area contributed by atoms with E-state index in [0.29, 0.717) is 0 Å². The Morgan fingerprint density at radius 3 is 2.13 bits per heavy atom. The molecule has 1 aromatic carbocycles. The van der Waals surface area contributed by atoms with Crippen molar-refractivity contribution in [3.63, 3.8) is 0 Å². The Bertz CT molecular complexity index is 311. The predicted octanol–water partition coefficient (Wildman–Crippen LogP) is 3.27. The lowest BCUT2D eigenvalue weighted by Crippen LogP contribution is -2.26. The second-order valence-corrected chi connectivity index (χ2v) is 6.43. The van der Waals surface area contributed by atoms with E-state index in [0.717, 1.165) is 12.3 Å². The summed E-state index contributed by atoms with van der Waals surface area (Å²) in [5.41, 5.74) is 9.80. The molecule has 0 fully saturated rings. The molecule has 0 atom stereocenters. The minimum Gasteiger partial charge on any atom is -0.329 e. The Morgan fingerprint density at radius 1 is 1.13 bits per heavy atom. The fraction of sp³-hybridized carbons (Fsp3) is 0.538. The highest BCUT2D eigenvalue weighted by Gasteiger charge is 2.15. The molecule has 0 unspecified atom stereocenters. The maximum Gasteiger partial charge on any atom is 0.0229 e. The van der Waals surface area contributed by atoms with Gasteiger partial charge in [0.05, 0.1) is 0 Å². The first-order valence-corrected chi connectivity index (χ1v) is 6.33. The summed E-state index contributed by atoms with van der Waals surface area (Å²) in [6.45, 7) is 9.41. The predicted molar refractivity (Wildman–Crippen MR) is 70.3 cm³/mol. The van der Waals surface area contributed by atoms with Gasteiger partial charge in [0.2, 0.25) is 0 Å². The van der Waals surface area contributed by atoms with Crippen LogP contribution in [0.2, 0.25) is 0 Å². The number of benzene rings is 1. The van der Waals surface area contributed by atoms with Crippen LogP contribution in [0.3, 0.4) is 0 Å². The van der Waals surface area contributed by atoms with Gasteiger partial charge in [0.1, 0.15) is 0 Å². The average Bonchev–Trinajstić information content (AvgIpc) is 2.14. The van der Waals surface area contributed by atoms with Gasteiger partial charge in [-0.05, 0) is 33.3 Å². The van der Waals surface area contributed by atoms with Crippen LogP contribution in [0.5, 0.6) is 0 Å². The van der Waals surface area contributed by atoms with Gasteiger partial charge < -0.3 is 5.73 Å². The first-order chi connectivity index (χ1) is 6.93. The first kappa shape index (κ1) is 12.6. The van der Waals surface area contributed by atoms with Crippen LogP contribution in [0.15, 0.2) is 18.2 Å². The van der Waals surface area contributed by atoms with Gasteiger partial charge in [0, 0.05) is 17.0 Å². The average molecular weight is 223 g/mol. The molecule has 0 radical (unpaired) electrons. The molecule has 1 rings (SSSR count). The van der Waals surface area contributed by atoms with Gasteiger partial charge in [-0.1, -0.05) is 29.3 Å². The van der Waals surface area contributed by atoms with Crippen molar-refractivity contribution >= 4 is 11.8 Å². The lowest BCUT2D eigenvalue weighted by molar-refractivity contribution is 0.722. The Hall–Kier alpha value is -0.470. The van der Waals surface area contributed by atoms with E-state index in [1.165, 1.54) is 16.7 Å². The summed E-state index contributed by atoms with van der Waals surface area (Å²) < 4.78 is 0.178. The van der Waals surface area contributed by atoms with Crippen LogP contribution in [-0.2, 0) is 5.75 Å². The molecule has 0 heterocycles. The number of nitrogens with two attached hydrogens (primary N) is 1. The van der Waals surface area contributed by atoms with Gasteiger partial charge in [-0.15, -0.1) is 11.8 Å². The number of hydrogen-bond donors (Lipinski definition) is 1. The molecule has 0 aliphatic heterocycles. The van der Waals surface area contributed by atoms with Crippen LogP contribution >= 0.6 is 11.8 Å². The number of thioether (sulfide) groups is 1.